The molecule has 0 saturated heterocycles. The first-order valence-corrected chi connectivity index (χ1v) is 16.3. The summed E-state index contributed by atoms with van der Waals surface area (Å²) in [6.07, 6.45) is 4.68. The zero-order valence-corrected chi connectivity index (χ0v) is 26.1. The van der Waals surface area contributed by atoms with E-state index in [-0.39, 0.29) is 34.7 Å². The molecule has 5 rings (SSSR count). The number of amides is 2. The summed E-state index contributed by atoms with van der Waals surface area (Å²) in [4.78, 5) is 31.2. The van der Waals surface area contributed by atoms with Crippen molar-refractivity contribution in [3.05, 3.63) is 41.6 Å². The number of ether oxygens (including phenoxy) is 2. The number of carbonyl (C=O) groups excluding carboxylic acids is 2. The van der Waals surface area contributed by atoms with E-state index in [1.165, 1.54) is 16.8 Å². The Hall–Kier alpha value is -4.58. The molecule has 0 spiro atoms. The van der Waals surface area contributed by atoms with Crippen LogP contribution in [-0.4, -0.2) is 72.2 Å². The first-order chi connectivity index (χ1) is 20.6. The van der Waals surface area contributed by atoms with Crippen molar-refractivity contribution in [2.24, 2.45) is 0 Å². The summed E-state index contributed by atoms with van der Waals surface area (Å²) in [5.41, 5.74) is 1.03. The van der Waals surface area contributed by atoms with Gasteiger partial charge in [-0.15, -0.1) is 0 Å². The van der Waals surface area contributed by atoms with Crippen molar-refractivity contribution in [3.8, 4) is 11.9 Å². The number of anilines is 3. The highest BCUT2D eigenvalue weighted by Gasteiger charge is 2.46. The molecule has 0 atom stereocenters. The van der Waals surface area contributed by atoms with E-state index in [9.17, 15) is 23.3 Å². The van der Waals surface area contributed by atoms with Gasteiger partial charge in [-0.3, -0.25) is 0 Å². The number of carbonyl (C=O) groups is 2. The average Bonchev–Trinajstić information content (AvgIpc) is 3.81. The van der Waals surface area contributed by atoms with Gasteiger partial charge < -0.3 is 30.3 Å². The molecule has 0 aliphatic heterocycles. The van der Waals surface area contributed by atoms with Crippen molar-refractivity contribution in [1.29, 1.82) is 5.26 Å². The Kier molecular flexibility index (Phi) is 8.06. The molecular weight excluding hydrogens is 588 g/mol. The molecule has 2 heterocycles. The van der Waals surface area contributed by atoms with Crippen molar-refractivity contribution < 1.29 is 27.5 Å². The molecule has 3 aromatic rings. The third-order valence-corrected chi connectivity index (χ3v) is 7.83. The number of nitrogens with one attached hydrogen (secondary N) is 3. The molecular formula is C29H36N8O6S. The van der Waals surface area contributed by atoms with Crippen molar-refractivity contribution in [1.82, 2.24) is 25.2 Å². The molecule has 3 N–H and O–H groups in total. The van der Waals surface area contributed by atoms with Crippen LogP contribution in [0.3, 0.4) is 0 Å². The van der Waals surface area contributed by atoms with E-state index in [4.69, 9.17) is 9.47 Å². The minimum absolute atomic E-state index is 0.0529. The van der Waals surface area contributed by atoms with Crippen molar-refractivity contribution in [2.75, 3.05) is 30.1 Å². The lowest BCUT2D eigenvalue weighted by Crippen LogP contribution is -2.46. The molecule has 0 radical (unpaired) electrons. The lowest BCUT2D eigenvalue weighted by Gasteiger charge is -2.29. The summed E-state index contributed by atoms with van der Waals surface area (Å²) in [5, 5.41) is 22.5. The number of nitriles is 1. The van der Waals surface area contributed by atoms with Gasteiger partial charge in [0.05, 0.1) is 17.5 Å². The Balaban J connectivity index is 1.40. The van der Waals surface area contributed by atoms with E-state index in [1.807, 2.05) is 18.0 Å². The van der Waals surface area contributed by atoms with Gasteiger partial charge in [-0.25, -0.2) is 23.0 Å². The van der Waals surface area contributed by atoms with E-state index in [0.29, 0.717) is 23.5 Å². The van der Waals surface area contributed by atoms with E-state index >= 15 is 0 Å². The first-order valence-electron chi connectivity index (χ1n) is 14.2. The van der Waals surface area contributed by atoms with Gasteiger partial charge in [-0.05, 0) is 70.2 Å². The van der Waals surface area contributed by atoms with Crippen molar-refractivity contribution >= 4 is 44.9 Å². The summed E-state index contributed by atoms with van der Waals surface area (Å²) in [5.74, 6) is 0.0867. The van der Waals surface area contributed by atoms with Gasteiger partial charge in [0.15, 0.2) is 15.5 Å². The number of aromatic nitrogens is 3. The summed E-state index contributed by atoms with van der Waals surface area (Å²) >= 11 is 0. The molecule has 2 saturated carbocycles. The SMILES string of the molecule is CN(CC1(NC(=O)OC(C)(C)C)CC1)c1ccc(Nc2cc(OC(=O)NC3CC3)n3ncc(C#N)c3n2)cc1CS(C)(=O)=O. The Morgan fingerprint density at radius 1 is 1.20 bits per heavy atom. The lowest BCUT2D eigenvalue weighted by atomic mass is 10.1. The van der Waals surface area contributed by atoms with Gasteiger partial charge in [-0.2, -0.15) is 14.9 Å². The predicted molar refractivity (Wildman–Crippen MR) is 163 cm³/mol. The largest absolute Gasteiger partial charge is 0.444 e. The number of benzene rings is 1. The monoisotopic (exact) mass is 624 g/mol. The maximum atomic E-state index is 12.4. The first kappa shape index (κ1) is 30.9. The van der Waals surface area contributed by atoms with Gasteiger partial charge in [0.25, 0.3) is 0 Å². The number of sulfone groups is 1. The summed E-state index contributed by atoms with van der Waals surface area (Å²) in [6, 6.07) is 8.86. The number of rotatable bonds is 10. The van der Waals surface area contributed by atoms with Crippen LogP contribution in [0.15, 0.2) is 30.5 Å². The standard InChI is InChI=1S/C29H36N8O6S/c1-28(2,3)43-27(39)35-29(10-11-29)17-36(4)22-9-8-21(12-18(22)16-44(5,40)41)32-23-13-24(42-26(38)33-20-6-7-20)37-25(34-23)19(14-30)15-31-37/h8-9,12-13,15,20H,6-7,10-11,16-17H2,1-5H3,(H,32,34)(H,33,38)(H,35,39). The van der Waals surface area contributed by atoms with Gasteiger partial charge in [-0.1, -0.05) is 0 Å². The quantitative estimate of drug-likeness (QED) is 0.300. The maximum absolute atomic E-state index is 12.4. The van der Waals surface area contributed by atoms with Crippen LogP contribution < -0.4 is 25.6 Å². The number of hydrogen-bond acceptors (Lipinski definition) is 11. The van der Waals surface area contributed by atoms with E-state index < -0.39 is 33.2 Å². The maximum Gasteiger partial charge on any atom is 0.414 e. The van der Waals surface area contributed by atoms with Gasteiger partial charge in [0, 0.05) is 43.3 Å². The van der Waals surface area contributed by atoms with Gasteiger partial charge in [0.1, 0.15) is 23.1 Å². The summed E-state index contributed by atoms with van der Waals surface area (Å²) < 4.78 is 37.0. The molecule has 15 heteroatoms. The van der Waals surface area contributed by atoms with Crippen LogP contribution in [0.1, 0.15) is 57.6 Å². The zero-order valence-electron chi connectivity index (χ0n) is 25.3. The van der Waals surface area contributed by atoms with Crippen LogP contribution in [0.4, 0.5) is 26.8 Å². The highest BCUT2D eigenvalue weighted by atomic mass is 32.2. The zero-order chi connectivity index (χ0) is 31.9. The fourth-order valence-corrected chi connectivity index (χ4v) is 5.58. The van der Waals surface area contributed by atoms with E-state index in [0.717, 1.165) is 31.9 Å². The fourth-order valence-electron chi connectivity index (χ4n) is 4.78. The van der Waals surface area contributed by atoms with Gasteiger partial charge >= 0.3 is 12.2 Å². The van der Waals surface area contributed by atoms with Crippen LogP contribution in [0.25, 0.3) is 5.65 Å². The van der Waals surface area contributed by atoms with Crippen LogP contribution in [0.5, 0.6) is 5.88 Å². The molecule has 2 amide bonds. The number of likely N-dealkylation sites (N-methyl/N-ethyl adjacent to an activating group) is 1. The second kappa shape index (κ2) is 11.5. The molecule has 2 aliphatic rings. The normalized spacial score (nSPS) is 15.6. The molecule has 1 aromatic carbocycles. The Morgan fingerprint density at radius 2 is 1.93 bits per heavy atom. The second-order valence-electron chi connectivity index (χ2n) is 12.5. The topological polar surface area (TPSA) is 180 Å². The van der Waals surface area contributed by atoms with Crippen LogP contribution >= 0.6 is 0 Å². The van der Waals surface area contributed by atoms with Crippen LogP contribution in [0.2, 0.25) is 0 Å². The number of hydrogen-bond donors (Lipinski definition) is 3. The number of nitrogens with zero attached hydrogens (tertiary/aromatic N) is 5. The number of fused-ring (bicyclic) bond motifs is 1. The summed E-state index contributed by atoms with van der Waals surface area (Å²) in [6.45, 7) is 5.86. The third-order valence-electron chi connectivity index (χ3n) is 7.00. The highest BCUT2D eigenvalue weighted by molar-refractivity contribution is 7.89. The molecule has 0 bridgehead atoms. The Morgan fingerprint density at radius 3 is 2.55 bits per heavy atom. The highest BCUT2D eigenvalue weighted by Crippen LogP contribution is 2.38. The fraction of sp³-hybridized carbons (Fsp3) is 0.483. The third kappa shape index (κ3) is 7.87. The van der Waals surface area contributed by atoms with Gasteiger partial charge in [0.2, 0.25) is 5.88 Å². The number of alkyl carbamates (subject to hydrolysis) is 1. The minimum Gasteiger partial charge on any atom is -0.444 e. The van der Waals surface area contributed by atoms with E-state index in [2.05, 4.69) is 26.0 Å². The smallest absolute Gasteiger partial charge is 0.414 e. The molecule has 2 aliphatic carbocycles. The van der Waals surface area contributed by atoms with Crippen molar-refractivity contribution in [2.45, 2.75) is 69.4 Å². The van der Waals surface area contributed by atoms with E-state index in [1.54, 1.807) is 39.0 Å². The molecule has 0 unspecified atom stereocenters. The molecule has 2 fully saturated rings. The minimum atomic E-state index is -3.42. The molecule has 14 nitrogen and oxygen atoms in total. The lowest BCUT2D eigenvalue weighted by molar-refractivity contribution is 0.0498. The average molecular weight is 625 g/mol. The Bertz CT molecular complexity index is 1750. The molecule has 234 valence electrons. The predicted octanol–water partition coefficient (Wildman–Crippen LogP) is 3.63. The molecule has 2 aromatic heterocycles. The Labute approximate surface area is 255 Å². The van der Waals surface area contributed by atoms with Crippen LogP contribution in [0, 0.1) is 11.3 Å². The molecule has 44 heavy (non-hydrogen) atoms. The second-order valence-corrected chi connectivity index (χ2v) is 14.6. The van der Waals surface area contributed by atoms with Crippen molar-refractivity contribution in [3.63, 3.8) is 0 Å². The summed E-state index contributed by atoms with van der Waals surface area (Å²) in [7, 11) is -1.57. The van der Waals surface area contributed by atoms with Crippen LogP contribution in [-0.2, 0) is 20.3 Å².